The van der Waals surface area contributed by atoms with Crippen LogP contribution < -0.4 is 5.14 Å². The van der Waals surface area contributed by atoms with Gasteiger partial charge in [0.1, 0.15) is 5.82 Å². The minimum absolute atomic E-state index is 0.0463. The molecule has 1 aliphatic rings. The predicted molar refractivity (Wildman–Crippen MR) is 75.4 cm³/mol. The Kier molecular flexibility index (Phi) is 3.75. The summed E-state index contributed by atoms with van der Waals surface area (Å²) in [6.07, 6.45) is 2.50. The zero-order valence-electron chi connectivity index (χ0n) is 11.3. The summed E-state index contributed by atoms with van der Waals surface area (Å²) in [7, 11) is -3.95. The largest absolute Gasteiger partial charge is 0.378 e. The van der Waals surface area contributed by atoms with Crippen molar-refractivity contribution in [3.05, 3.63) is 36.2 Å². The lowest BCUT2D eigenvalue weighted by Crippen LogP contribution is -2.20. The van der Waals surface area contributed by atoms with Crippen LogP contribution in [0.2, 0.25) is 0 Å². The number of hydrogen-bond acceptors (Lipinski definition) is 5. The van der Waals surface area contributed by atoms with Gasteiger partial charge in [-0.1, -0.05) is 18.2 Å². The molecule has 1 aromatic heterocycles. The molecule has 1 saturated heterocycles. The molecule has 7 nitrogen and oxygen atoms in total. The first-order valence-electron chi connectivity index (χ1n) is 6.70. The Morgan fingerprint density at radius 3 is 2.67 bits per heavy atom. The molecule has 1 fully saturated rings. The van der Waals surface area contributed by atoms with Crippen LogP contribution in [0, 0.1) is 0 Å². The highest BCUT2D eigenvalue weighted by Crippen LogP contribution is 2.21. The summed E-state index contributed by atoms with van der Waals surface area (Å²) in [4.78, 5) is 0. The van der Waals surface area contributed by atoms with Crippen LogP contribution in [0.15, 0.2) is 35.5 Å². The molecule has 0 spiro atoms. The Balaban J connectivity index is 2.06. The molecule has 1 unspecified atom stereocenters. The van der Waals surface area contributed by atoms with Crippen molar-refractivity contribution in [2.45, 2.75) is 30.5 Å². The van der Waals surface area contributed by atoms with Gasteiger partial charge >= 0.3 is 0 Å². The van der Waals surface area contributed by atoms with Gasteiger partial charge in [-0.15, -0.1) is 10.2 Å². The topological polar surface area (TPSA) is 100 Å². The number of para-hydroxylation sites is 1. The normalized spacial score (nSPS) is 19.0. The summed E-state index contributed by atoms with van der Waals surface area (Å²) >= 11 is 0. The zero-order valence-corrected chi connectivity index (χ0v) is 12.2. The minimum atomic E-state index is -3.95. The second-order valence-electron chi connectivity index (χ2n) is 4.95. The van der Waals surface area contributed by atoms with E-state index in [1.165, 1.54) is 4.57 Å². The van der Waals surface area contributed by atoms with Crippen molar-refractivity contribution < 1.29 is 13.2 Å². The highest BCUT2D eigenvalue weighted by Gasteiger charge is 2.25. The van der Waals surface area contributed by atoms with Crippen LogP contribution in [-0.2, 0) is 21.2 Å². The van der Waals surface area contributed by atoms with Crippen molar-refractivity contribution in [1.82, 2.24) is 14.8 Å². The minimum Gasteiger partial charge on any atom is -0.378 e. The second-order valence-corrected chi connectivity index (χ2v) is 6.41. The molecule has 3 rings (SSSR count). The third-order valence-electron chi connectivity index (χ3n) is 3.40. The van der Waals surface area contributed by atoms with Gasteiger partial charge in [-0.05, 0) is 25.0 Å². The number of benzene rings is 1. The molecule has 0 radical (unpaired) electrons. The SMILES string of the molecule is NS(=O)(=O)c1nnc(CC2CCCO2)n1-c1ccccc1. The molecule has 0 saturated carbocycles. The monoisotopic (exact) mass is 308 g/mol. The molecule has 2 heterocycles. The van der Waals surface area contributed by atoms with E-state index in [0.717, 1.165) is 19.4 Å². The predicted octanol–water partition coefficient (Wildman–Crippen LogP) is 0.636. The fraction of sp³-hybridized carbons (Fsp3) is 0.385. The van der Waals surface area contributed by atoms with E-state index in [2.05, 4.69) is 10.2 Å². The Labute approximate surface area is 122 Å². The molecule has 2 N–H and O–H groups in total. The van der Waals surface area contributed by atoms with Crippen LogP contribution in [0.3, 0.4) is 0 Å². The van der Waals surface area contributed by atoms with E-state index in [4.69, 9.17) is 9.88 Å². The molecular weight excluding hydrogens is 292 g/mol. The fourth-order valence-electron chi connectivity index (χ4n) is 2.46. The van der Waals surface area contributed by atoms with Crippen molar-refractivity contribution in [1.29, 1.82) is 0 Å². The van der Waals surface area contributed by atoms with E-state index in [0.29, 0.717) is 17.9 Å². The number of nitrogens with zero attached hydrogens (tertiary/aromatic N) is 3. The van der Waals surface area contributed by atoms with Crippen LogP contribution in [0.1, 0.15) is 18.7 Å². The van der Waals surface area contributed by atoms with E-state index >= 15 is 0 Å². The number of hydrogen-bond donors (Lipinski definition) is 1. The van der Waals surface area contributed by atoms with Gasteiger partial charge in [0.15, 0.2) is 0 Å². The lowest BCUT2D eigenvalue weighted by molar-refractivity contribution is 0.109. The van der Waals surface area contributed by atoms with Crippen LogP contribution in [0.5, 0.6) is 0 Å². The Morgan fingerprint density at radius 1 is 1.29 bits per heavy atom. The lowest BCUT2D eigenvalue weighted by atomic mass is 10.2. The highest BCUT2D eigenvalue weighted by molar-refractivity contribution is 7.89. The Morgan fingerprint density at radius 2 is 2.05 bits per heavy atom. The summed E-state index contributed by atoms with van der Waals surface area (Å²) in [6.45, 7) is 0.728. The fourth-order valence-corrected chi connectivity index (χ4v) is 3.08. The maximum absolute atomic E-state index is 11.7. The maximum Gasteiger partial charge on any atom is 0.274 e. The second kappa shape index (κ2) is 5.55. The van der Waals surface area contributed by atoms with E-state index in [9.17, 15) is 8.42 Å². The molecule has 2 aromatic rings. The average Bonchev–Trinajstić information content (AvgIpc) is 3.09. The molecule has 21 heavy (non-hydrogen) atoms. The quantitative estimate of drug-likeness (QED) is 0.893. The maximum atomic E-state index is 11.7. The van der Waals surface area contributed by atoms with Crippen molar-refractivity contribution >= 4 is 10.0 Å². The van der Waals surface area contributed by atoms with Gasteiger partial charge in [-0.25, -0.2) is 13.6 Å². The van der Waals surface area contributed by atoms with Crippen LogP contribution >= 0.6 is 0 Å². The molecule has 1 aromatic carbocycles. The van der Waals surface area contributed by atoms with Crippen molar-refractivity contribution in [3.63, 3.8) is 0 Å². The summed E-state index contributed by atoms with van der Waals surface area (Å²) in [5.41, 5.74) is 0.666. The van der Waals surface area contributed by atoms with Gasteiger partial charge in [0, 0.05) is 18.7 Å². The van der Waals surface area contributed by atoms with E-state index in [1.54, 1.807) is 12.1 Å². The molecule has 112 valence electrons. The number of rotatable bonds is 4. The Bertz CT molecular complexity index is 721. The van der Waals surface area contributed by atoms with Gasteiger partial charge in [-0.3, -0.25) is 4.57 Å². The number of nitrogens with two attached hydrogens (primary N) is 1. The first-order valence-corrected chi connectivity index (χ1v) is 8.24. The van der Waals surface area contributed by atoms with Gasteiger partial charge in [0.2, 0.25) is 0 Å². The van der Waals surface area contributed by atoms with Gasteiger partial charge in [-0.2, -0.15) is 0 Å². The van der Waals surface area contributed by atoms with Crippen LogP contribution in [-0.4, -0.2) is 35.9 Å². The summed E-state index contributed by atoms with van der Waals surface area (Å²) in [5, 5.41) is 12.7. The van der Waals surface area contributed by atoms with Crippen LogP contribution in [0.4, 0.5) is 0 Å². The highest BCUT2D eigenvalue weighted by atomic mass is 32.2. The summed E-state index contributed by atoms with van der Waals surface area (Å²) < 4.78 is 30.5. The van der Waals surface area contributed by atoms with Crippen molar-refractivity contribution in [2.75, 3.05) is 6.61 Å². The van der Waals surface area contributed by atoms with Crippen molar-refractivity contribution in [2.24, 2.45) is 5.14 Å². The molecule has 1 atom stereocenters. The smallest absolute Gasteiger partial charge is 0.274 e. The number of sulfonamides is 1. The van der Waals surface area contributed by atoms with Gasteiger partial charge in [0.25, 0.3) is 15.2 Å². The van der Waals surface area contributed by atoms with E-state index in [-0.39, 0.29) is 11.3 Å². The molecule has 1 aliphatic heterocycles. The lowest BCUT2D eigenvalue weighted by Gasteiger charge is -2.12. The number of aromatic nitrogens is 3. The molecular formula is C13H16N4O3S. The first-order chi connectivity index (χ1) is 10.1. The zero-order chi connectivity index (χ0) is 14.9. The van der Waals surface area contributed by atoms with Gasteiger partial charge < -0.3 is 4.74 Å². The van der Waals surface area contributed by atoms with Crippen molar-refractivity contribution in [3.8, 4) is 5.69 Å². The van der Waals surface area contributed by atoms with E-state index < -0.39 is 10.0 Å². The average molecular weight is 308 g/mol. The molecule has 0 amide bonds. The van der Waals surface area contributed by atoms with E-state index in [1.807, 2.05) is 18.2 Å². The number of ether oxygens (including phenoxy) is 1. The standard InChI is InChI=1S/C13H16N4O3S/c14-21(18,19)13-16-15-12(9-11-7-4-8-20-11)17(13)10-5-2-1-3-6-10/h1-3,5-6,11H,4,7-9H2,(H2,14,18,19). The third kappa shape index (κ3) is 2.97. The Hall–Kier alpha value is -1.77. The summed E-state index contributed by atoms with van der Waals surface area (Å²) in [6, 6.07) is 9.06. The first kappa shape index (κ1) is 14.2. The van der Waals surface area contributed by atoms with Crippen LogP contribution in [0.25, 0.3) is 5.69 Å². The molecule has 8 heteroatoms. The summed E-state index contributed by atoms with van der Waals surface area (Å²) in [5.74, 6) is 0.539. The molecule has 0 aliphatic carbocycles. The van der Waals surface area contributed by atoms with Gasteiger partial charge in [0.05, 0.1) is 6.10 Å². The number of primary sulfonamides is 1. The third-order valence-corrected chi connectivity index (χ3v) is 4.18. The molecule has 0 bridgehead atoms.